The zero-order valence-electron chi connectivity index (χ0n) is 16.3. The van der Waals surface area contributed by atoms with E-state index >= 15 is 0 Å². The van der Waals surface area contributed by atoms with Crippen LogP contribution in [-0.2, 0) is 16.4 Å². The number of carbonyl (C=O) groups excluding carboxylic acids is 1. The number of nitrogens with one attached hydrogen (secondary N) is 2. The van der Waals surface area contributed by atoms with Crippen molar-refractivity contribution in [2.45, 2.75) is 26.7 Å². The van der Waals surface area contributed by atoms with Crippen molar-refractivity contribution in [3.8, 4) is 5.88 Å². The van der Waals surface area contributed by atoms with E-state index in [9.17, 15) is 22.0 Å². The molecule has 0 aliphatic carbocycles. The van der Waals surface area contributed by atoms with Gasteiger partial charge < -0.3 is 4.74 Å². The molecule has 0 spiro atoms. The molecule has 8 nitrogen and oxygen atoms in total. The second-order valence-electron chi connectivity index (χ2n) is 6.51. The van der Waals surface area contributed by atoms with Crippen LogP contribution in [0, 0.1) is 11.6 Å². The molecule has 0 bridgehead atoms. The number of ether oxygens (including phenoxy) is 1. The fraction of sp³-hybridized carbons (Fsp3) is 0.316. The molecule has 2 aromatic heterocycles. The maximum Gasteiger partial charge on any atom is 0.242 e. The number of aromatic nitrogens is 3. The number of hydrogen-bond acceptors (Lipinski definition) is 6. The molecule has 160 valence electrons. The SMILES string of the molecule is CCCS(=O)(=O)Nc1ccc(F)c(C(=O)Cc2cnc3[nH]nc(OCC)c3c2)c1F. The van der Waals surface area contributed by atoms with Gasteiger partial charge in [0, 0.05) is 12.6 Å². The van der Waals surface area contributed by atoms with Gasteiger partial charge in [0.2, 0.25) is 15.9 Å². The maximum atomic E-state index is 14.8. The first-order chi connectivity index (χ1) is 14.3. The number of hydrogen-bond donors (Lipinski definition) is 2. The summed E-state index contributed by atoms with van der Waals surface area (Å²) in [5, 5.41) is 7.19. The molecule has 0 atom stereocenters. The monoisotopic (exact) mass is 438 g/mol. The molecule has 3 aromatic rings. The van der Waals surface area contributed by atoms with Crippen LogP contribution in [0.15, 0.2) is 24.4 Å². The summed E-state index contributed by atoms with van der Waals surface area (Å²) in [5.41, 5.74) is -0.454. The van der Waals surface area contributed by atoms with E-state index in [-0.39, 0.29) is 12.2 Å². The summed E-state index contributed by atoms with van der Waals surface area (Å²) in [7, 11) is -3.81. The van der Waals surface area contributed by atoms with Crippen molar-refractivity contribution >= 4 is 32.5 Å². The highest BCUT2D eigenvalue weighted by Gasteiger charge is 2.23. The van der Waals surface area contributed by atoms with Gasteiger partial charge in [-0.3, -0.25) is 14.6 Å². The van der Waals surface area contributed by atoms with Crippen molar-refractivity contribution in [1.29, 1.82) is 0 Å². The molecular formula is C19H20F2N4O4S. The molecule has 0 fully saturated rings. The Balaban J connectivity index is 1.90. The van der Waals surface area contributed by atoms with Gasteiger partial charge in [-0.1, -0.05) is 6.92 Å². The molecule has 30 heavy (non-hydrogen) atoms. The van der Waals surface area contributed by atoms with Crippen LogP contribution < -0.4 is 9.46 Å². The minimum absolute atomic E-state index is 0.231. The van der Waals surface area contributed by atoms with E-state index in [1.54, 1.807) is 19.9 Å². The average molecular weight is 438 g/mol. The zero-order chi connectivity index (χ0) is 21.9. The van der Waals surface area contributed by atoms with Crippen molar-refractivity contribution in [2.24, 2.45) is 0 Å². The smallest absolute Gasteiger partial charge is 0.242 e. The van der Waals surface area contributed by atoms with E-state index < -0.39 is 38.7 Å². The number of carbonyl (C=O) groups is 1. The minimum atomic E-state index is -3.81. The quantitative estimate of drug-likeness (QED) is 0.496. The lowest BCUT2D eigenvalue weighted by atomic mass is 10.0. The molecule has 1 aromatic carbocycles. The van der Waals surface area contributed by atoms with E-state index in [0.29, 0.717) is 35.5 Å². The van der Waals surface area contributed by atoms with Gasteiger partial charge in [-0.2, -0.15) is 0 Å². The predicted molar refractivity (Wildman–Crippen MR) is 107 cm³/mol. The highest BCUT2D eigenvalue weighted by Crippen LogP contribution is 2.26. The molecule has 0 aliphatic heterocycles. The van der Waals surface area contributed by atoms with Gasteiger partial charge in [-0.15, -0.1) is 5.10 Å². The van der Waals surface area contributed by atoms with Crippen LogP contribution >= 0.6 is 0 Å². The van der Waals surface area contributed by atoms with Crippen LogP contribution in [0.25, 0.3) is 11.0 Å². The van der Waals surface area contributed by atoms with E-state index in [2.05, 4.69) is 19.9 Å². The van der Waals surface area contributed by atoms with Gasteiger partial charge in [0.25, 0.3) is 0 Å². The van der Waals surface area contributed by atoms with Crippen LogP contribution in [0.2, 0.25) is 0 Å². The van der Waals surface area contributed by atoms with E-state index in [1.165, 1.54) is 6.20 Å². The second kappa shape index (κ2) is 8.74. The first-order valence-electron chi connectivity index (χ1n) is 9.23. The summed E-state index contributed by atoms with van der Waals surface area (Å²) < 4.78 is 60.3. The third-order valence-electron chi connectivity index (χ3n) is 4.19. The van der Waals surface area contributed by atoms with E-state index in [1.807, 2.05) is 0 Å². The first-order valence-corrected chi connectivity index (χ1v) is 10.9. The lowest BCUT2D eigenvalue weighted by Gasteiger charge is -2.11. The number of rotatable bonds is 9. The van der Waals surface area contributed by atoms with Gasteiger partial charge in [0.1, 0.15) is 5.82 Å². The Labute approximate surface area is 171 Å². The number of nitrogens with zero attached hydrogens (tertiary/aromatic N) is 2. The Morgan fingerprint density at radius 1 is 1.27 bits per heavy atom. The standard InChI is InChI=1S/C19H20F2N4O4S/c1-3-7-30(27,28)25-14-6-5-13(20)16(17(14)21)15(26)9-11-8-12-18(22-10-11)23-24-19(12)29-4-2/h5-6,8,10,25H,3-4,7,9H2,1-2H3,(H,22,23,24). The topological polar surface area (TPSA) is 114 Å². The molecule has 0 unspecified atom stereocenters. The van der Waals surface area contributed by atoms with Crippen LogP contribution in [0.1, 0.15) is 36.2 Å². The summed E-state index contributed by atoms with van der Waals surface area (Å²) in [6.45, 7) is 3.81. The number of anilines is 1. The maximum absolute atomic E-state index is 14.8. The Morgan fingerprint density at radius 3 is 2.73 bits per heavy atom. The molecule has 0 radical (unpaired) electrons. The Kier molecular flexibility index (Phi) is 6.30. The Bertz CT molecular complexity index is 1190. The van der Waals surface area contributed by atoms with Gasteiger partial charge in [-0.25, -0.2) is 22.2 Å². The Morgan fingerprint density at radius 2 is 2.03 bits per heavy atom. The summed E-state index contributed by atoms with van der Waals surface area (Å²) >= 11 is 0. The fourth-order valence-electron chi connectivity index (χ4n) is 2.92. The number of sulfonamides is 1. The lowest BCUT2D eigenvalue weighted by Crippen LogP contribution is -2.19. The molecule has 0 saturated carbocycles. The molecule has 2 heterocycles. The van der Waals surface area contributed by atoms with Crippen molar-refractivity contribution < 1.29 is 26.7 Å². The molecule has 0 saturated heterocycles. The third kappa shape index (κ3) is 4.56. The highest BCUT2D eigenvalue weighted by atomic mass is 32.2. The van der Waals surface area contributed by atoms with Gasteiger partial charge in [0.15, 0.2) is 17.2 Å². The van der Waals surface area contributed by atoms with Gasteiger partial charge >= 0.3 is 0 Å². The zero-order valence-corrected chi connectivity index (χ0v) is 17.1. The largest absolute Gasteiger partial charge is 0.476 e. The van der Waals surface area contributed by atoms with Crippen molar-refractivity contribution in [1.82, 2.24) is 15.2 Å². The fourth-order valence-corrected chi connectivity index (χ4v) is 4.05. The van der Waals surface area contributed by atoms with Gasteiger partial charge in [0.05, 0.1) is 29.0 Å². The molecule has 11 heteroatoms. The predicted octanol–water partition coefficient (Wildman–Crippen LogP) is 3.21. The van der Waals surface area contributed by atoms with Gasteiger partial charge in [-0.05, 0) is 37.1 Å². The molecular weight excluding hydrogens is 418 g/mol. The normalized spacial score (nSPS) is 11.6. The number of ketones is 1. The lowest BCUT2D eigenvalue weighted by molar-refractivity contribution is 0.0985. The average Bonchev–Trinajstić information content (AvgIpc) is 3.07. The summed E-state index contributed by atoms with van der Waals surface area (Å²) in [6, 6.07) is 3.39. The molecule has 0 amide bonds. The third-order valence-corrected chi connectivity index (χ3v) is 5.67. The number of pyridine rings is 1. The number of halogens is 2. The molecule has 2 N–H and O–H groups in total. The number of H-pyrrole nitrogens is 1. The second-order valence-corrected chi connectivity index (χ2v) is 8.35. The Hall–Kier alpha value is -3.08. The number of Topliss-reactive ketones (excluding diaryl/α,β-unsaturated/α-hetero) is 1. The highest BCUT2D eigenvalue weighted by molar-refractivity contribution is 7.92. The van der Waals surface area contributed by atoms with Crippen LogP contribution in [0.3, 0.4) is 0 Å². The summed E-state index contributed by atoms with van der Waals surface area (Å²) in [6.07, 6.45) is 1.35. The van der Waals surface area contributed by atoms with Crippen molar-refractivity contribution in [2.75, 3.05) is 17.1 Å². The van der Waals surface area contributed by atoms with Crippen LogP contribution in [0.5, 0.6) is 5.88 Å². The van der Waals surface area contributed by atoms with Crippen LogP contribution in [0.4, 0.5) is 14.5 Å². The van der Waals surface area contributed by atoms with E-state index in [0.717, 1.165) is 12.1 Å². The molecule has 3 rings (SSSR count). The minimum Gasteiger partial charge on any atom is -0.476 e. The van der Waals surface area contributed by atoms with Crippen molar-refractivity contribution in [3.63, 3.8) is 0 Å². The van der Waals surface area contributed by atoms with Crippen LogP contribution in [-0.4, -0.2) is 41.7 Å². The van der Waals surface area contributed by atoms with E-state index in [4.69, 9.17) is 4.74 Å². The number of aromatic amines is 1. The summed E-state index contributed by atoms with van der Waals surface area (Å²) in [5.74, 6) is -3.12. The van der Waals surface area contributed by atoms with Crippen molar-refractivity contribution in [3.05, 3.63) is 47.2 Å². The first kappa shape index (κ1) is 21.6. The molecule has 0 aliphatic rings. The number of benzene rings is 1. The number of fused-ring (bicyclic) bond motifs is 1. The summed E-state index contributed by atoms with van der Waals surface area (Å²) in [4.78, 5) is 16.8.